The molecule has 4 nitrogen and oxygen atoms in total. The molecule has 88 valence electrons. The van der Waals surface area contributed by atoms with Crippen molar-refractivity contribution in [3.8, 4) is 0 Å². The predicted molar refractivity (Wildman–Crippen MR) is 66.6 cm³/mol. The van der Waals surface area contributed by atoms with Gasteiger partial charge in [-0.2, -0.15) is 0 Å². The molecule has 0 radical (unpaired) electrons. The maximum absolute atomic E-state index is 5.99. The fourth-order valence-corrected chi connectivity index (χ4v) is 2.25. The summed E-state index contributed by atoms with van der Waals surface area (Å²) in [6.45, 7) is 8.57. The minimum Gasteiger partial charge on any atom is -0.341 e. The lowest BCUT2D eigenvalue weighted by atomic mass is 10.1. The molecule has 2 N–H and O–H groups in total. The van der Waals surface area contributed by atoms with Gasteiger partial charge < -0.3 is 15.2 Å². The summed E-state index contributed by atoms with van der Waals surface area (Å²) in [5, 5.41) is 0. The fourth-order valence-electron chi connectivity index (χ4n) is 2.25. The van der Waals surface area contributed by atoms with Crippen LogP contribution in [0, 0.1) is 6.92 Å². The van der Waals surface area contributed by atoms with Gasteiger partial charge in [-0.3, -0.25) is 0 Å². The summed E-state index contributed by atoms with van der Waals surface area (Å²) >= 11 is 0. The highest BCUT2D eigenvalue weighted by molar-refractivity contribution is 5.34. The maximum Gasteiger partial charge on any atom is 0.206 e. The van der Waals surface area contributed by atoms with E-state index in [1.807, 2.05) is 13.0 Å². The van der Waals surface area contributed by atoms with Crippen molar-refractivity contribution in [2.75, 3.05) is 18.0 Å². The third kappa shape index (κ3) is 2.27. The van der Waals surface area contributed by atoms with E-state index in [9.17, 15) is 0 Å². The number of piperidine rings is 1. The van der Waals surface area contributed by atoms with Crippen LogP contribution in [0.1, 0.15) is 18.5 Å². The van der Waals surface area contributed by atoms with Gasteiger partial charge in [0, 0.05) is 31.9 Å². The Kier molecular flexibility index (Phi) is 3.29. The van der Waals surface area contributed by atoms with Gasteiger partial charge in [-0.15, -0.1) is 6.58 Å². The first-order valence-corrected chi connectivity index (χ1v) is 5.86. The van der Waals surface area contributed by atoms with Crippen LogP contribution in [0.3, 0.4) is 0 Å². The van der Waals surface area contributed by atoms with Crippen LogP contribution in [-0.2, 0) is 6.54 Å². The van der Waals surface area contributed by atoms with E-state index in [-0.39, 0.29) is 6.04 Å². The van der Waals surface area contributed by atoms with Crippen LogP contribution in [-0.4, -0.2) is 28.7 Å². The van der Waals surface area contributed by atoms with Crippen molar-refractivity contribution in [2.45, 2.75) is 32.4 Å². The first-order chi connectivity index (χ1) is 7.70. The number of rotatable bonds is 3. The molecule has 1 fully saturated rings. The Morgan fingerprint density at radius 2 is 2.50 bits per heavy atom. The van der Waals surface area contributed by atoms with Crippen molar-refractivity contribution in [1.29, 1.82) is 0 Å². The minimum atomic E-state index is 0.280. The lowest BCUT2D eigenvalue weighted by Gasteiger charge is -2.31. The van der Waals surface area contributed by atoms with Crippen molar-refractivity contribution in [3.63, 3.8) is 0 Å². The largest absolute Gasteiger partial charge is 0.341 e. The average molecular weight is 220 g/mol. The molecule has 0 aromatic carbocycles. The number of nitrogens with two attached hydrogens (primary N) is 1. The lowest BCUT2D eigenvalue weighted by Crippen LogP contribution is -2.43. The molecular formula is C12H20N4. The number of hydrogen-bond donors (Lipinski definition) is 1. The van der Waals surface area contributed by atoms with Gasteiger partial charge in [0.25, 0.3) is 0 Å². The molecular weight excluding hydrogens is 200 g/mol. The van der Waals surface area contributed by atoms with E-state index in [1.165, 1.54) is 0 Å². The standard InChI is InChI=1S/C12H20N4/c1-3-6-15-8-10(2)14-12(15)16-7-4-5-11(13)9-16/h3,8,11H,1,4-7,9,13H2,2H3. The third-order valence-electron chi connectivity index (χ3n) is 2.94. The van der Waals surface area contributed by atoms with Gasteiger partial charge in [-0.25, -0.2) is 4.98 Å². The molecule has 1 aliphatic rings. The molecule has 0 bridgehead atoms. The predicted octanol–water partition coefficient (Wildman–Crippen LogP) is 1.31. The summed E-state index contributed by atoms with van der Waals surface area (Å²) in [4.78, 5) is 6.86. The van der Waals surface area contributed by atoms with Gasteiger partial charge in [0.15, 0.2) is 0 Å². The topological polar surface area (TPSA) is 47.1 Å². The zero-order valence-electron chi connectivity index (χ0n) is 9.89. The smallest absolute Gasteiger partial charge is 0.206 e. The molecule has 4 heteroatoms. The molecule has 1 unspecified atom stereocenters. The Hall–Kier alpha value is -1.29. The SMILES string of the molecule is C=CCn1cc(C)nc1N1CCCC(N)C1. The van der Waals surface area contributed by atoms with E-state index in [0.717, 1.165) is 44.1 Å². The normalized spacial score (nSPS) is 21.1. The number of hydrogen-bond acceptors (Lipinski definition) is 3. The number of nitrogens with zero attached hydrogens (tertiary/aromatic N) is 3. The molecule has 0 saturated carbocycles. The van der Waals surface area contributed by atoms with Gasteiger partial charge in [-0.05, 0) is 19.8 Å². The van der Waals surface area contributed by atoms with E-state index in [1.54, 1.807) is 0 Å². The van der Waals surface area contributed by atoms with Gasteiger partial charge in [-0.1, -0.05) is 6.08 Å². The van der Waals surface area contributed by atoms with Crippen molar-refractivity contribution in [3.05, 3.63) is 24.5 Å². The lowest BCUT2D eigenvalue weighted by molar-refractivity contribution is 0.495. The summed E-state index contributed by atoms with van der Waals surface area (Å²) in [5.41, 5.74) is 7.05. The van der Waals surface area contributed by atoms with Crippen LogP contribution >= 0.6 is 0 Å². The highest BCUT2D eigenvalue weighted by atomic mass is 15.3. The Morgan fingerprint density at radius 1 is 1.69 bits per heavy atom. The molecule has 1 atom stereocenters. The van der Waals surface area contributed by atoms with E-state index >= 15 is 0 Å². The Bertz CT molecular complexity index is 369. The van der Waals surface area contributed by atoms with Crippen molar-refractivity contribution in [2.24, 2.45) is 5.73 Å². The Morgan fingerprint density at radius 3 is 3.19 bits per heavy atom. The van der Waals surface area contributed by atoms with Gasteiger partial charge in [0.05, 0.1) is 5.69 Å². The van der Waals surface area contributed by atoms with E-state index in [2.05, 4.69) is 27.2 Å². The summed E-state index contributed by atoms with van der Waals surface area (Å²) in [6, 6.07) is 0.280. The van der Waals surface area contributed by atoms with Crippen molar-refractivity contribution >= 4 is 5.95 Å². The van der Waals surface area contributed by atoms with Gasteiger partial charge in [0.2, 0.25) is 5.95 Å². The molecule has 2 heterocycles. The molecule has 0 aliphatic carbocycles. The first-order valence-electron chi connectivity index (χ1n) is 5.86. The average Bonchev–Trinajstić information content (AvgIpc) is 2.60. The molecule has 1 aromatic rings. The Labute approximate surface area is 96.8 Å². The number of allylic oxidation sites excluding steroid dienone is 1. The Balaban J connectivity index is 2.20. The van der Waals surface area contributed by atoms with Crippen LogP contribution in [0.4, 0.5) is 5.95 Å². The third-order valence-corrected chi connectivity index (χ3v) is 2.94. The first kappa shape index (κ1) is 11.2. The molecule has 2 rings (SSSR count). The molecule has 16 heavy (non-hydrogen) atoms. The molecule has 1 aliphatic heterocycles. The molecule has 0 spiro atoms. The van der Waals surface area contributed by atoms with Crippen LogP contribution in [0.5, 0.6) is 0 Å². The number of imidazole rings is 1. The van der Waals surface area contributed by atoms with E-state index in [4.69, 9.17) is 5.73 Å². The van der Waals surface area contributed by atoms with Crippen LogP contribution in [0.2, 0.25) is 0 Å². The van der Waals surface area contributed by atoms with E-state index in [0.29, 0.717) is 0 Å². The van der Waals surface area contributed by atoms with E-state index < -0.39 is 0 Å². The quantitative estimate of drug-likeness (QED) is 0.781. The fraction of sp³-hybridized carbons (Fsp3) is 0.583. The zero-order chi connectivity index (χ0) is 11.5. The van der Waals surface area contributed by atoms with Gasteiger partial charge in [0.1, 0.15) is 0 Å². The van der Waals surface area contributed by atoms with Crippen molar-refractivity contribution in [1.82, 2.24) is 9.55 Å². The maximum atomic E-state index is 5.99. The van der Waals surface area contributed by atoms with Gasteiger partial charge >= 0.3 is 0 Å². The summed E-state index contributed by atoms with van der Waals surface area (Å²) in [6.07, 6.45) is 6.24. The van der Waals surface area contributed by atoms with Crippen molar-refractivity contribution < 1.29 is 0 Å². The van der Waals surface area contributed by atoms with Crippen LogP contribution < -0.4 is 10.6 Å². The molecule has 0 amide bonds. The van der Waals surface area contributed by atoms with Crippen LogP contribution in [0.15, 0.2) is 18.9 Å². The summed E-state index contributed by atoms with van der Waals surface area (Å²) in [7, 11) is 0. The monoisotopic (exact) mass is 220 g/mol. The molecule has 1 saturated heterocycles. The second kappa shape index (κ2) is 4.70. The number of aryl methyl sites for hydroxylation is 1. The minimum absolute atomic E-state index is 0.280. The second-order valence-electron chi connectivity index (χ2n) is 4.47. The van der Waals surface area contributed by atoms with Crippen LogP contribution in [0.25, 0.3) is 0 Å². The molecule has 1 aromatic heterocycles. The second-order valence-corrected chi connectivity index (χ2v) is 4.47. The summed E-state index contributed by atoms with van der Waals surface area (Å²) < 4.78 is 2.14. The number of anilines is 1. The summed E-state index contributed by atoms with van der Waals surface area (Å²) in [5.74, 6) is 1.03. The number of aromatic nitrogens is 2. The highest BCUT2D eigenvalue weighted by Gasteiger charge is 2.20. The highest BCUT2D eigenvalue weighted by Crippen LogP contribution is 2.19. The zero-order valence-corrected chi connectivity index (χ0v) is 9.89.